The molecule has 1 saturated carbocycles. The van der Waals surface area contributed by atoms with Crippen molar-refractivity contribution in [1.82, 2.24) is 25.3 Å². The molecule has 3 fully saturated rings. The summed E-state index contributed by atoms with van der Waals surface area (Å²) in [5.74, 6) is -2.35. The lowest BCUT2D eigenvalue weighted by atomic mass is 9.80. The number of benzene rings is 2. The molecule has 1 atom stereocenters. The zero-order valence-corrected chi connectivity index (χ0v) is 25.6. The Labute approximate surface area is 267 Å². The molecule has 4 amide bonds. The molecule has 0 bridgehead atoms. The second-order valence-electron chi connectivity index (χ2n) is 12.2. The molecule has 2 aromatic rings. The molecular weight excluding hydrogens is 588 g/mol. The van der Waals surface area contributed by atoms with Gasteiger partial charge in [0.2, 0.25) is 11.8 Å². The minimum Gasteiger partial charge on any atom is -0.389 e. The van der Waals surface area contributed by atoms with E-state index in [1.807, 2.05) is 30.3 Å². The van der Waals surface area contributed by atoms with Crippen molar-refractivity contribution in [1.29, 1.82) is 0 Å². The van der Waals surface area contributed by atoms with Gasteiger partial charge < -0.3 is 10.6 Å². The molecule has 3 N–H and O–H groups in total. The zero-order valence-electron chi connectivity index (χ0n) is 25.6. The summed E-state index contributed by atoms with van der Waals surface area (Å²) in [6, 6.07) is 13.8. The molecule has 4 aliphatic rings. The van der Waals surface area contributed by atoms with Crippen molar-refractivity contribution in [3.05, 3.63) is 77.0 Å². The molecule has 0 spiro atoms. The van der Waals surface area contributed by atoms with Crippen LogP contribution in [0.25, 0.3) is 0 Å². The summed E-state index contributed by atoms with van der Waals surface area (Å²) >= 11 is 0. The number of carbonyl (C=O) groups is 6. The predicted molar refractivity (Wildman–Crippen MR) is 169 cm³/mol. The Morgan fingerprint density at radius 2 is 1.46 bits per heavy atom. The molecule has 3 heterocycles. The average molecular weight is 627 g/mol. The van der Waals surface area contributed by atoms with Gasteiger partial charge in [-0.15, -0.1) is 0 Å². The summed E-state index contributed by atoms with van der Waals surface area (Å²) in [5, 5.41) is 8.70. The number of allylic oxidation sites excluding steroid dienone is 1. The lowest BCUT2D eigenvalue weighted by Gasteiger charge is -2.34. The Kier molecular flexibility index (Phi) is 9.36. The normalized spacial score (nSPS) is 22.6. The van der Waals surface area contributed by atoms with Crippen LogP contribution in [-0.4, -0.2) is 108 Å². The van der Waals surface area contributed by atoms with Gasteiger partial charge in [0.05, 0.1) is 16.7 Å². The molecular formula is C34H38N6O6. The first-order chi connectivity index (χ1) is 22.3. The summed E-state index contributed by atoms with van der Waals surface area (Å²) in [6.45, 7) is 6.24. The number of hydrogen-bond donors (Lipinski definition) is 3. The maximum atomic E-state index is 13.3. The fourth-order valence-electron chi connectivity index (χ4n) is 6.66. The highest BCUT2D eigenvalue weighted by Crippen LogP contribution is 2.33. The first-order valence-corrected chi connectivity index (χ1v) is 15.9. The number of piperazine rings is 1. The van der Waals surface area contributed by atoms with Gasteiger partial charge >= 0.3 is 0 Å². The molecule has 1 aliphatic carbocycles. The smallest absolute Gasteiger partial charge is 0.264 e. The van der Waals surface area contributed by atoms with Gasteiger partial charge in [-0.2, -0.15) is 0 Å². The number of anilines is 1. The summed E-state index contributed by atoms with van der Waals surface area (Å²) in [7, 11) is 0. The van der Waals surface area contributed by atoms with Crippen LogP contribution in [0.1, 0.15) is 57.9 Å². The number of rotatable bonds is 10. The first kappa shape index (κ1) is 31.3. The lowest BCUT2D eigenvalue weighted by Crippen LogP contribution is -2.54. The molecule has 240 valence electrons. The van der Waals surface area contributed by atoms with Gasteiger partial charge in [0.1, 0.15) is 6.04 Å². The van der Waals surface area contributed by atoms with Crippen molar-refractivity contribution < 1.29 is 28.8 Å². The van der Waals surface area contributed by atoms with Gasteiger partial charge in [-0.05, 0) is 30.0 Å². The molecule has 0 radical (unpaired) electrons. The fraction of sp³-hybridized carbons (Fsp3) is 0.412. The second kappa shape index (κ2) is 13.8. The van der Waals surface area contributed by atoms with E-state index in [1.54, 1.807) is 24.4 Å². The Morgan fingerprint density at radius 1 is 0.783 bits per heavy atom. The molecule has 12 nitrogen and oxygen atoms in total. The van der Waals surface area contributed by atoms with Crippen molar-refractivity contribution in [2.24, 2.45) is 0 Å². The van der Waals surface area contributed by atoms with Crippen molar-refractivity contribution in [3.8, 4) is 0 Å². The van der Waals surface area contributed by atoms with Crippen LogP contribution in [0.15, 0.2) is 60.3 Å². The number of piperidine rings is 1. The van der Waals surface area contributed by atoms with E-state index in [-0.39, 0.29) is 47.0 Å². The maximum absolute atomic E-state index is 13.3. The van der Waals surface area contributed by atoms with Crippen molar-refractivity contribution in [2.45, 2.75) is 37.6 Å². The van der Waals surface area contributed by atoms with Crippen LogP contribution in [-0.2, 0) is 19.2 Å². The highest BCUT2D eigenvalue weighted by Gasteiger charge is 2.45. The fourth-order valence-corrected chi connectivity index (χ4v) is 6.66. The number of hydrogen-bond acceptors (Lipinski definition) is 10. The van der Waals surface area contributed by atoms with Gasteiger partial charge in [-0.25, -0.2) is 0 Å². The van der Waals surface area contributed by atoms with Crippen molar-refractivity contribution in [2.75, 3.05) is 57.7 Å². The van der Waals surface area contributed by atoms with Crippen molar-refractivity contribution >= 4 is 40.9 Å². The Balaban J connectivity index is 0.924. The Hall–Kier alpha value is -4.68. The van der Waals surface area contributed by atoms with Crippen LogP contribution in [0.5, 0.6) is 0 Å². The number of carbonyl (C=O) groups excluding carboxylic acids is 6. The van der Waals surface area contributed by atoms with Crippen LogP contribution < -0.4 is 16.0 Å². The van der Waals surface area contributed by atoms with E-state index in [0.717, 1.165) is 49.7 Å². The summed E-state index contributed by atoms with van der Waals surface area (Å²) < 4.78 is 0. The minimum atomic E-state index is -0.994. The first-order valence-electron chi connectivity index (χ1n) is 15.9. The molecule has 3 aliphatic heterocycles. The maximum Gasteiger partial charge on any atom is 0.264 e. The Bertz CT molecular complexity index is 1560. The molecule has 1 unspecified atom stereocenters. The van der Waals surface area contributed by atoms with Crippen LogP contribution >= 0.6 is 0 Å². The average Bonchev–Trinajstić information content (AvgIpc) is 3.31. The third kappa shape index (κ3) is 6.63. The summed E-state index contributed by atoms with van der Waals surface area (Å²) in [5.41, 5.74) is 2.36. The minimum absolute atomic E-state index is 0.0552. The zero-order chi connectivity index (χ0) is 32.2. The van der Waals surface area contributed by atoms with Crippen LogP contribution in [0.2, 0.25) is 0 Å². The third-order valence-corrected chi connectivity index (χ3v) is 9.23. The third-order valence-electron chi connectivity index (χ3n) is 9.23. The molecule has 6 rings (SSSR count). The van der Waals surface area contributed by atoms with Crippen LogP contribution in [0.4, 0.5) is 5.69 Å². The van der Waals surface area contributed by atoms with Crippen LogP contribution in [0.3, 0.4) is 0 Å². The predicted octanol–water partition coefficient (Wildman–Crippen LogP) is 1.31. The molecule has 46 heavy (non-hydrogen) atoms. The van der Waals surface area contributed by atoms with Gasteiger partial charge in [0.25, 0.3) is 11.8 Å². The van der Waals surface area contributed by atoms with E-state index in [4.69, 9.17) is 0 Å². The van der Waals surface area contributed by atoms with E-state index in [0.29, 0.717) is 31.6 Å². The number of fused-ring (bicyclic) bond motifs is 1. The molecule has 2 saturated heterocycles. The highest BCUT2D eigenvalue weighted by molar-refractivity contribution is 6.25. The number of Topliss-reactive ketones (excluding diaryl/α,β-unsaturated/α-hetero) is 2. The second-order valence-corrected chi connectivity index (χ2v) is 12.2. The monoisotopic (exact) mass is 626 g/mol. The number of imide groups is 2. The van der Waals surface area contributed by atoms with E-state index in [9.17, 15) is 28.8 Å². The highest BCUT2D eigenvalue weighted by atomic mass is 16.2. The lowest BCUT2D eigenvalue weighted by molar-refractivity contribution is -0.136. The van der Waals surface area contributed by atoms with E-state index in [1.165, 1.54) is 0 Å². The topological polar surface area (TPSA) is 148 Å². The van der Waals surface area contributed by atoms with Gasteiger partial charge in [-0.1, -0.05) is 36.4 Å². The van der Waals surface area contributed by atoms with E-state index < -0.39 is 29.7 Å². The summed E-state index contributed by atoms with van der Waals surface area (Å²) in [4.78, 5) is 81.3. The molecule has 0 aromatic heterocycles. The SMILES string of the molecule is O=C1CCC(N2C(=O)c3cccc(NCCN4CCN(CCNC=C5C(=O)CC(c6ccccc6)CC5=O)CC4)c3C2=O)C(=O)N1. The van der Waals surface area contributed by atoms with Crippen LogP contribution in [0, 0.1) is 0 Å². The van der Waals surface area contributed by atoms with E-state index >= 15 is 0 Å². The van der Waals surface area contributed by atoms with Gasteiger partial charge in [0, 0.05) is 83.5 Å². The van der Waals surface area contributed by atoms with Gasteiger partial charge in [-0.3, -0.25) is 48.8 Å². The van der Waals surface area contributed by atoms with E-state index in [2.05, 4.69) is 25.8 Å². The standard InChI is InChI=1S/C34H38N6O6/c41-28-19-23(22-5-2-1-3-6-22)20-29(42)25(28)21-35-11-13-38-15-17-39(18-16-38)14-12-36-26-8-4-7-24-31(26)34(46)40(33(24)45)27-9-10-30(43)37-32(27)44/h1-8,21,23,27,35-36H,9-20H2,(H,37,43,44). The molecule has 12 heteroatoms. The number of ketones is 2. The quantitative estimate of drug-likeness (QED) is 0.153. The Morgan fingerprint density at radius 3 is 2.13 bits per heavy atom. The van der Waals surface area contributed by atoms with Crippen molar-refractivity contribution in [3.63, 3.8) is 0 Å². The largest absolute Gasteiger partial charge is 0.389 e. The molecule has 2 aromatic carbocycles. The van der Waals surface area contributed by atoms with Gasteiger partial charge in [0.15, 0.2) is 11.6 Å². The number of nitrogens with one attached hydrogen (secondary N) is 3. The number of nitrogens with zero attached hydrogens (tertiary/aromatic N) is 3. The summed E-state index contributed by atoms with van der Waals surface area (Å²) in [6.07, 6.45) is 2.49. The number of amides is 4.